The summed E-state index contributed by atoms with van der Waals surface area (Å²) in [6.45, 7) is 1.85. The van der Waals surface area contributed by atoms with E-state index in [0.29, 0.717) is 35.3 Å². The van der Waals surface area contributed by atoms with Gasteiger partial charge in [0.15, 0.2) is 29.1 Å². The predicted octanol–water partition coefficient (Wildman–Crippen LogP) is 3.33. The van der Waals surface area contributed by atoms with Crippen molar-refractivity contribution in [3.05, 3.63) is 75.0 Å². The first-order valence-electron chi connectivity index (χ1n) is 20.2. The molecule has 61 heavy (non-hydrogen) atoms. The molecule has 4 fully saturated rings. The lowest BCUT2D eigenvalue weighted by molar-refractivity contribution is -0.231. The summed E-state index contributed by atoms with van der Waals surface area (Å²) in [7, 11) is 0. The van der Waals surface area contributed by atoms with Crippen molar-refractivity contribution < 1.29 is 63.1 Å². The topological polar surface area (TPSA) is 238 Å². The van der Waals surface area contributed by atoms with E-state index in [1.807, 2.05) is 19.1 Å². The molecule has 7 rings (SSSR count). The van der Waals surface area contributed by atoms with Crippen LogP contribution in [0.25, 0.3) is 0 Å². The maximum absolute atomic E-state index is 17.7. The number of rotatable bonds is 15. The number of amides is 3. The number of fused-ring (bicyclic) bond motifs is 7. The first-order valence-corrected chi connectivity index (χ1v) is 22.1. The van der Waals surface area contributed by atoms with Crippen LogP contribution in [0.15, 0.2) is 54.1 Å². The van der Waals surface area contributed by atoms with Crippen LogP contribution in [0, 0.1) is 22.7 Å². The molecule has 1 aromatic heterocycles. The van der Waals surface area contributed by atoms with E-state index in [1.165, 1.54) is 23.5 Å². The van der Waals surface area contributed by atoms with E-state index < -0.39 is 114 Å². The second kappa shape index (κ2) is 17.2. The molecule has 0 spiro atoms. The predicted molar refractivity (Wildman–Crippen MR) is 221 cm³/mol. The smallest absolute Gasteiger partial charge is 0.303 e. The van der Waals surface area contributed by atoms with Crippen molar-refractivity contribution >= 4 is 68.2 Å². The highest BCUT2D eigenvalue weighted by atomic mass is 79.9. The Balaban J connectivity index is 1.05. The number of benzene rings is 1. The third kappa shape index (κ3) is 7.71. The number of alkyl halides is 2. The Bertz CT molecular complexity index is 2200. The number of anilines is 1. The molecular formula is C43H49BrFN3O12S. The van der Waals surface area contributed by atoms with Crippen LogP contribution < -0.4 is 16.0 Å². The summed E-state index contributed by atoms with van der Waals surface area (Å²) in [6, 6.07) is 7.46. The minimum atomic E-state index is -2.11. The fourth-order valence-electron chi connectivity index (χ4n) is 10.8. The van der Waals surface area contributed by atoms with Gasteiger partial charge in [0.2, 0.25) is 17.7 Å². The number of nitrogens with one attached hydrogen (secondary N) is 3. The quantitative estimate of drug-likeness (QED) is 0.128. The van der Waals surface area contributed by atoms with Crippen LogP contribution in [-0.4, -0.2) is 104 Å². The highest BCUT2D eigenvalue weighted by Crippen LogP contribution is 2.72. The molecule has 2 heterocycles. The Labute approximate surface area is 363 Å². The lowest BCUT2D eigenvalue weighted by atomic mass is 9.44. The molecule has 15 nitrogen and oxygen atoms in total. The summed E-state index contributed by atoms with van der Waals surface area (Å²) in [5.74, 6) is -4.95. The molecule has 4 aliphatic carbocycles. The second-order valence-electron chi connectivity index (χ2n) is 17.0. The van der Waals surface area contributed by atoms with Crippen LogP contribution in [0.2, 0.25) is 0 Å². The maximum atomic E-state index is 17.7. The van der Waals surface area contributed by atoms with Gasteiger partial charge in [-0.1, -0.05) is 46.6 Å². The molecule has 10 atom stereocenters. The zero-order valence-corrected chi connectivity index (χ0v) is 36.0. The average Bonchev–Trinajstić information content (AvgIpc) is 3.92. The maximum Gasteiger partial charge on any atom is 0.303 e. The van der Waals surface area contributed by atoms with E-state index in [9.17, 15) is 49.2 Å². The second-order valence-corrected chi connectivity index (χ2v) is 18.7. The van der Waals surface area contributed by atoms with Crippen LogP contribution in [0.3, 0.4) is 0 Å². The molecule has 1 saturated heterocycles. The minimum absolute atomic E-state index is 0.0319. The van der Waals surface area contributed by atoms with Crippen molar-refractivity contribution in [1.82, 2.24) is 10.6 Å². The van der Waals surface area contributed by atoms with Crippen LogP contribution in [0.1, 0.15) is 79.5 Å². The third-order valence-corrected chi connectivity index (χ3v) is 15.3. The van der Waals surface area contributed by atoms with Crippen LogP contribution in [0.5, 0.6) is 0 Å². The molecule has 7 N–H and O–H groups in total. The number of allylic oxidation sites excluding steroid dienone is 4. The Kier molecular flexibility index (Phi) is 12.6. The fourth-order valence-corrected chi connectivity index (χ4v) is 12.0. The number of carbonyl (C=O) groups is 6. The van der Waals surface area contributed by atoms with Crippen LogP contribution in [0.4, 0.5) is 10.1 Å². The summed E-state index contributed by atoms with van der Waals surface area (Å²) < 4.78 is 30.9. The number of aliphatic hydroxyl groups is 3. The number of hydrogen-bond donors (Lipinski definition) is 7. The fraction of sp³-hybridized carbons (Fsp3) is 0.535. The number of carboxylic acids is 1. The van der Waals surface area contributed by atoms with Crippen molar-refractivity contribution in [1.29, 1.82) is 0 Å². The summed E-state index contributed by atoms with van der Waals surface area (Å²) in [5.41, 5.74) is -4.05. The summed E-state index contributed by atoms with van der Waals surface area (Å²) in [6.07, 6.45) is 1.80. The molecule has 3 saturated carbocycles. The van der Waals surface area contributed by atoms with Crippen LogP contribution >= 0.6 is 27.3 Å². The first kappa shape index (κ1) is 44.9. The van der Waals surface area contributed by atoms with Crippen molar-refractivity contribution in [2.75, 3.05) is 23.8 Å². The Morgan fingerprint density at radius 2 is 1.85 bits per heavy atom. The van der Waals surface area contributed by atoms with Gasteiger partial charge >= 0.3 is 5.97 Å². The summed E-state index contributed by atoms with van der Waals surface area (Å²) in [4.78, 5) is 76.2. The largest absolute Gasteiger partial charge is 0.481 e. The Hall–Kier alpha value is -4.17. The van der Waals surface area contributed by atoms with E-state index in [1.54, 1.807) is 31.2 Å². The number of thiophene rings is 1. The molecule has 2 aromatic rings. The lowest BCUT2D eigenvalue weighted by Crippen LogP contribution is -2.69. The van der Waals surface area contributed by atoms with E-state index >= 15 is 4.39 Å². The van der Waals surface area contributed by atoms with Gasteiger partial charge in [-0.15, -0.1) is 11.3 Å². The van der Waals surface area contributed by atoms with Gasteiger partial charge in [0.05, 0.1) is 35.6 Å². The lowest BCUT2D eigenvalue weighted by Gasteiger charge is -2.62. The zero-order chi connectivity index (χ0) is 44.1. The van der Waals surface area contributed by atoms with Gasteiger partial charge in [0.25, 0.3) is 0 Å². The van der Waals surface area contributed by atoms with Crippen molar-refractivity contribution in [3.8, 4) is 0 Å². The van der Waals surface area contributed by atoms with Gasteiger partial charge in [-0.05, 0) is 80.9 Å². The normalized spacial score (nSPS) is 32.7. The van der Waals surface area contributed by atoms with Gasteiger partial charge in [0.1, 0.15) is 12.6 Å². The van der Waals surface area contributed by atoms with E-state index in [0.717, 1.165) is 10.4 Å². The standard InChI is InChI=1S/C43H49BrFN3O12S/c1-40-12-11-25(51)15-24(40)4-6-27-28-16-34-43(33(53)21-50,41(28,2)17-32(52)42(27,40)45)60-39(59-34)31-9-5-26(61-31)14-22-3-7-29(23(13-22)20-49)48-38(58)30(8-10-37(56)57)47-36(55)19-46-35(54)18-44/h3,5,7,9,11-13,15,27-28,30,32,34,39,49-50,52H,4,6,8,10,14,16-21H2,1-2H3,(H,46,54)(H,47,55)(H,48,58)(H,56,57)/t27-,28-,30-,32-,34+,39+,40-,41-,42-,43+/m0/s1. The number of halogens is 2. The molecule has 3 amide bonds. The van der Waals surface area contributed by atoms with Gasteiger partial charge in [-0.3, -0.25) is 28.8 Å². The summed E-state index contributed by atoms with van der Waals surface area (Å²) >= 11 is 4.34. The highest BCUT2D eigenvalue weighted by molar-refractivity contribution is 9.09. The monoisotopic (exact) mass is 929 g/mol. The molecule has 1 aliphatic heterocycles. The number of hydrogen-bond acceptors (Lipinski definition) is 12. The Morgan fingerprint density at radius 1 is 1.08 bits per heavy atom. The number of carboxylic acid groups (broad SMARTS) is 1. The number of Topliss-reactive ketones (excluding diaryl/α,β-unsaturated/α-hetero) is 1. The first-order chi connectivity index (χ1) is 28.9. The number of ether oxygens (including phenoxy) is 2. The molecular weight excluding hydrogens is 881 g/mol. The average molecular weight is 931 g/mol. The number of ketones is 2. The highest BCUT2D eigenvalue weighted by Gasteiger charge is 2.79. The molecule has 328 valence electrons. The zero-order valence-electron chi connectivity index (χ0n) is 33.6. The summed E-state index contributed by atoms with van der Waals surface area (Å²) in [5, 5.41) is 49.0. The number of aliphatic hydroxyl groups excluding tert-OH is 3. The molecule has 18 heteroatoms. The SMILES string of the molecule is C[C@]12C=CC(=O)C=C1CC[C@H]1[C@@H]3C[C@H]4O[C@@H](c5ccc(Cc6ccc(NC(=O)[C@H](CCC(=O)O)NC(=O)CNC(=O)CBr)c(CO)c6)s5)O[C@@]4(C(=O)CO)[C@@]3(C)C[C@H](O)[C@@]12F. The molecule has 5 aliphatic rings. The van der Waals surface area contributed by atoms with E-state index in [4.69, 9.17) is 9.47 Å². The van der Waals surface area contributed by atoms with Crippen molar-refractivity contribution in [2.24, 2.45) is 22.7 Å². The minimum Gasteiger partial charge on any atom is -0.481 e. The molecule has 0 unspecified atom stereocenters. The number of aliphatic carboxylic acids is 1. The number of carbonyl (C=O) groups excluding carboxylic acids is 5. The van der Waals surface area contributed by atoms with Crippen LogP contribution in [-0.2, 0) is 51.3 Å². The van der Waals surface area contributed by atoms with Gasteiger partial charge in [-0.25, -0.2) is 4.39 Å². The third-order valence-electron chi connectivity index (χ3n) is 13.7. The van der Waals surface area contributed by atoms with Crippen molar-refractivity contribution in [3.63, 3.8) is 0 Å². The van der Waals surface area contributed by atoms with E-state index in [-0.39, 0.29) is 36.1 Å². The van der Waals surface area contributed by atoms with Gasteiger partial charge < -0.3 is 45.9 Å². The van der Waals surface area contributed by atoms with Crippen molar-refractivity contribution in [2.45, 2.75) is 101 Å². The Morgan fingerprint density at radius 3 is 2.56 bits per heavy atom. The van der Waals surface area contributed by atoms with Gasteiger partial charge in [-0.2, -0.15) is 0 Å². The molecule has 0 radical (unpaired) electrons. The van der Waals surface area contributed by atoms with E-state index in [2.05, 4.69) is 31.9 Å². The molecule has 1 aromatic carbocycles. The van der Waals surface area contributed by atoms with Gasteiger partial charge in [0, 0.05) is 45.7 Å². The molecule has 0 bridgehead atoms.